The highest BCUT2D eigenvalue weighted by Crippen LogP contribution is 2.41. The number of unbranched alkanes of at least 4 members (excludes halogenated alkanes) is 1. The Morgan fingerprint density at radius 3 is 2.24 bits per heavy atom. The first kappa shape index (κ1) is 28.1. The molecule has 0 spiro atoms. The van der Waals surface area contributed by atoms with E-state index < -0.39 is 17.7 Å². The summed E-state index contributed by atoms with van der Waals surface area (Å²) in [6.45, 7) is 9.48. The largest absolute Gasteiger partial charge is 0.507 e. The van der Waals surface area contributed by atoms with Crippen molar-refractivity contribution in [3.63, 3.8) is 0 Å². The molecule has 1 aliphatic rings. The van der Waals surface area contributed by atoms with Gasteiger partial charge in [-0.05, 0) is 55.4 Å². The van der Waals surface area contributed by atoms with Crippen LogP contribution in [0.1, 0.15) is 50.8 Å². The fourth-order valence-corrected chi connectivity index (χ4v) is 4.47. The average molecular weight is 511 g/mol. The van der Waals surface area contributed by atoms with Crippen molar-refractivity contribution >= 4 is 17.4 Å². The molecule has 200 valence electrons. The molecule has 0 radical (unpaired) electrons. The molecule has 1 saturated heterocycles. The van der Waals surface area contributed by atoms with Crippen LogP contribution in [0.2, 0.25) is 0 Å². The molecule has 0 saturated carbocycles. The molecule has 1 heterocycles. The average Bonchev–Trinajstić information content (AvgIpc) is 3.18. The number of aliphatic hydroxyl groups excluding tert-OH is 1. The van der Waals surface area contributed by atoms with E-state index in [0.29, 0.717) is 36.8 Å². The van der Waals surface area contributed by atoms with Gasteiger partial charge >= 0.3 is 0 Å². The summed E-state index contributed by atoms with van der Waals surface area (Å²) in [7, 11) is 3.02. The fraction of sp³-hybridized carbons (Fsp3) is 0.448. The van der Waals surface area contributed by atoms with Gasteiger partial charge in [0.1, 0.15) is 11.5 Å². The standard InChI is InChI=1S/C29H38N2O6/c1-6-9-18-37-22-13-10-20(11-14-22)26-25(27(32)21-12-15-23(35-4)24(19-21)36-5)28(33)29(34)31(26)17-16-30(7-2)8-3/h10-15,19,26,32H,6-9,16-18H2,1-5H3/b27-25+. The maximum atomic E-state index is 13.3. The lowest BCUT2D eigenvalue weighted by Gasteiger charge is -2.28. The summed E-state index contributed by atoms with van der Waals surface area (Å²) in [5, 5.41) is 11.4. The molecule has 3 rings (SSSR count). The van der Waals surface area contributed by atoms with Crippen molar-refractivity contribution in [1.29, 1.82) is 0 Å². The molecule has 1 atom stereocenters. The highest BCUT2D eigenvalue weighted by molar-refractivity contribution is 6.46. The monoisotopic (exact) mass is 510 g/mol. The highest BCUT2D eigenvalue weighted by atomic mass is 16.5. The smallest absolute Gasteiger partial charge is 0.295 e. The van der Waals surface area contributed by atoms with E-state index in [-0.39, 0.29) is 11.3 Å². The summed E-state index contributed by atoms with van der Waals surface area (Å²) in [5.74, 6) is 0.0408. The van der Waals surface area contributed by atoms with Gasteiger partial charge in [0.05, 0.1) is 32.4 Å². The zero-order valence-corrected chi connectivity index (χ0v) is 22.5. The molecule has 0 bridgehead atoms. The number of likely N-dealkylation sites (N-methyl/N-ethyl adjacent to an activating group) is 1. The number of benzene rings is 2. The van der Waals surface area contributed by atoms with Crippen LogP contribution in [0, 0.1) is 0 Å². The van der Waals surface area contributed by atoms with Crippen LogP contribution in [-0.4, -0.2) is 73.6 Å². The summed E-state index contributed by atoms with van der Waals surface area (Å²) < 4.78 is 16.5. The van der Waals surface area contributed by atoms with Gasteiger partial charge in [0, 0.05) is 18.7 Å². The number of rotatable bonds is 13. The van der Waals surface area contributed by atoms with Gasteiger partial charge in [0.15, 0.2) is 11.5 Å². The van der Waals surface area contributed by atoms with Crippen molar-refractivity contribution in [2.45, 2.75) is 39.7 Å². The zero-order valence-electron chi connectivity index (χ0n) is 22.5. The molecule has 0 aromatic heterocycles. The lowest BCUT2D eigenvalue weighted by Crippen LogP contribution is -2.38. The number of carbonyl (C=O) groups is 2. The Kier molecular flexibility index (Phi) is 9.97. The molecular weight excluding hydrogens is 472 g/mol. The van der Waals surface area contributed by atoms with Crippen LogP contribution in [0.25, 0.3) is 5.76 Å². The third kappa shape index (κ3) is 6.25. The third-order valence-electron chi connectivity index (χ3n) is 6.71. The number of nitrogens with zero attached hydrogens (tertiary/aromatic N) is 2. The van der Waals surface area contributed by atoms with Gasteiger partial charge in [-0.3, -0.25) is 9.59 Å². The number of ketones is 1. The van der Waals surface area contributed by atoms with E-state index in [2.05, 4.69) is 25.7 Å². The van der Waals surface area contributed by atoms with Gasteiger partial charge in [-0.15, -0.1) is 0 Å². The normalized spacial score (nSPS) is 16.9. The quantitative estimate of drug-likeness (QED) is 0.182. The van der Waals surface area contributed by atoms with Crippen LogP contribution in [0.15, 0.2) is 48.0 Å². The third-order valence-corrected chi connectivity index (χ3v) is 6.71. The summed E-state index contributed by atoms with van der Waals surface area (Å²) in [4.78, 5) is 30.3. The van der Waals surface area contributed by atoms with Crippen molar-refractivity contribution < 1.29 is 28.9 Å². The van der Waals surface area contributed by atoms with E-state index in [1.165, 1.54) is 14.2 Å². The lowest BCUT2D eigenvalue weighted by atomic mass is 9.95. The van der Waals surface area contributed by atoms with E-state index in [4.69, 9.17) is 14.2 Å². The van der Waals surface area contributed by atoms with Crippen LogP contribution in [-0.2, 0) is 9.59 Å². The summed E-state index contributed by atoms with van der Waals surface area (Å²) in [6, 6.07) is 11.5. The van der Waals surface area contributed by atoms with Crippen molar-refractivity contribution in [3.8, 4) is 17.2 Å². The predicted octanol–water partition coefficient (Wildman–Crippen LogP) is 4.65. The van der Waals surface area contributed by atoms with E-state index in [1.54, 1.807) is 23.1 Å². The Bertz CT molecular complexity index is 1110. The summed E-state index contributed by atoms with van der Waals surface area (Å²) in [5.41, 5.74) is 1.14. The second kappa shape index (κ2) is 13.1. The number of carbonyl (C=O) groups excluding carboxylic acids is 2. The zero-order chi connectivity index (χ0) is 26.9. The lowest BCUT2D eigenvalue weighted by molar-refractivity contribution is -0.140. The molecule has 2 aromatic carbocycles. The predicted molar refractivity (Wildman–Crippen MR) is 143 cm³/mol. The minimum Gasteiger partial charge on any atom is -0.507 e. The van der Waals surface area contributed by atoms with Gasteiger partial charge in [0.25, 0.3) is 11.7 Å². The minimum absolute atomic E-state index is 0.0522. The minimum atomic E-state index is -0.728. The fourth-order valence-electron chi connectivity index (χ4n) is 4.47. The first-order valence-electron chi connectivity index (χ1n) is 12.9. The summed E-state index contributed by atoms with van der Waals surface area (Å²) >= 11 is 0. The van der Waals surface area contributed by atoms with Crippen LogP contribution in [0.5, 0.6) is 17.2 Å². The first-order valence-corrected chi connectivity index (χ1v) is 12.9. The van der Waals surface area contributed by atoms with Crippen LogP contribution in [0.3, 0.4) is 0 Å². The Hall–Kier alpha value is -3.52. The molecule has 1 N–H and O–H groups in total. The Morgan fingerprint density at radius 1 is 0.973 bits per heavy atom. The number of Topliss-reactive ketones (excluding diaryl/α,β-unsaturated/α-hetero) is 1. The van der Waals surface area contributed by atoms with Gasteiger partial charge in [-0.1, -0.05) is 39.3 Å². The maximum Gasteiger partial charge on any atom is 0.295 e. The van der Waals surface area contributed by atoms with Gasteiger partial charge in [-0.25, -0.2) is 0 Å². The Balaban J connectivity index is 2.06. The van der Waals surface area contributed by atoms with Crippen LogP contribution < -0.4 is 14.2 Å². The second-order valence-corrected chi connectivity index (χ2v) is 8.86. The summed E-state index contributed by atoms with van der Waals surface area (Å²) in [6.07, 6.45) is 1.99. The number of ether oxygens (including phenoxy) is 3. The molecule has 1 aliphatic heterocycles. The number of hydrogen-bond acceptors (Lipinski definition) is 7. The van der Waals surface area contributed by atoms with E-state index in [0.717, 1.165) is 37.2 Å². The Morgan fingerprint density at radius 2 is 1.65 bits per heavy atom. The SMILES string of the molecule is CCCCOc1ccc(C2/C(=C(\O)c3ccc(OC)c(OC)c3)C(=O)C(=O)N2CCN(CC)CC)cc1. The van der Waals surface area contributed by atoms with Crippen LogP contribution >= 0.6 is 0 Å². The van der Waals surface area contributed by atoms with Crippen molar-refractivity contribution in [3.05, 3.63) is 59.2 Å². The molecule has 1 amide bonds. The molecule has 8 nitrogen and oxygen atoms in total. The topological polar surface area (TPSA) is 88.5 Å². The Labute approximate surface area is 219 Å². The highest BCUT2D eigenvalue weighted by Gasteiger charge is 2.46. The van der Waals surface area contributed by atoms with Crippen molar-refractivity contribution in [1.82, 2.24) is 9.80 Å². The number of hydrogen-bond donors (Lipinski definition) is 1. The molecular formula is C29H38N2O6. The van der Waals surface area contributed by atoms with Gasteiger partial charge in [-0.2, -0.15) is 0 Å². The van der Waals surface area contributed by atoms with Crippen molar-refractivity contribution in [2.24, 2.45) is 0 Å². The van der Waals surface area contributed by atoms with E-state index >= 15 is 0 Å². The van der Waals surface area contributed by atoms with E-state index in [9.17, 15) is 14.7 Å². The molecule has 8 heteroatoms. The number of amides is 1. The molecule has 1 unspecified atom stereocenters. The molecule has 0 aliphatic carbocycles. The van der Waals surface area contributed by atoms with Crippen LogP contribution in [0.4, 0.5) is 0 Å². The molecule has 2 aromatic rings. The molecule has 1 fully saturated rings. The maximum absolute atomic E-state index is 13.3. The van der Waals surface area contributed by atoms with Gasteiger partial charge < -0.3 is 29.1 Å². The first-order chi connectivity index (χ1) is 17.9. The number of methoxy groups -OCH3 is 2. The molecule has 37 heavy (non-hydrogen) atoms. The van der Waals surface area contributed by atoms with Crippen molar-refractivity contribution in [2.75, 3.05) is 47.0 Å². The number of likely N-dealkylation sites (tertiary alicyclic amines) is 1. The van der Waals surface area contributed by atoms with Gasteiger partial charge in [0.2, 0.25) is 0 Å². The second-order valence-electron chi connectivity index (χ2n) is 8.86. The number of aliphatic hydroxyl groups is 1. The van der Waals surface area contributed by atoms with E-state index in [1.807, 2.05) is 24.3 Å².